The Morgan fingerprint density at radius 3 is 2.48 bits per heavy atom. The standard InChI is InChI=1S/C23H18ClN3O5S/c24-19-11-9-17(10-12-19)22-27-26-21(32-22)15-31-23(28)18-7-4-8-20(13-18)33(29,30)25-14-16-5-2-1-3-6-16/h1-13,25H,14-15H2. The van der Waals surface area contributed by atoms with Crippen LogP contribution in [0, 0.1) is 0 Å². The number of esters is 1. The van der Waals surface area contributed by atoms with Gasteiger partial charge in [-0.1, -0.05) is 48.0 Å². The summed E-state index contributed by atoms with van der Waals surface area (Å²) >= 11 is 5.87. The highest BCUT2D eigenvalue weighted by Crippen LogP contribution is 2.21. The number of carbonyl (C=O) groups excluding carboxylic acids is 1. The molecule has 0 atom stereocenters. The van der Waals surface area contributed by atoms with Crippen LogP contribution < -0.4 is 4.72 Å². The maximum Gasteiger partial charge on any atom is 0.338 e. The predicted molar refractivity (Wildman–Crippen MR) is 121 cm³/mol. The Kier molecular flexibility index (Phi) is 6.83. The quantitative estimate of drug-likeness (QED) is 0.373. The second-order valence-electron chi connectivity index (χ2n) is 6.92. The molecule has 0 saturated carbocycles. The molecule has 1 heterocycles. The Bertz CT molecular complexity index is 1360. The number of hydrogen-bond donors (Lipinski definition) is 1. The fourth-order valence-corrected chi connectivity index (χ4v) is 4.07. The summed E-state index contributed by atoms with van der Waals surface area (Å²) in [6.07, 6.45) is 0. The number of sulfonamides is 1. The van der Waals surface area contributed by atoms with Gasteiger partial charge in [0, 0.05) is 17.1 Å². The van der Waals surface area contributed by atoms with E-state index >= 15 is 0 Å². The lowest BCUT2D eigenvalue weighted by atomic mass is 10.2. The van der Waals surface area contributed by atoms with Gasteiger partial charge in [-0.3, -0.25) is 0 Å². The van der Waals surface area contributed by atoms with Crippen molar-refractivity contribution >= 4 is 27.6 Å². The first-order valence-electron chi connectivity index (χ1n) is 9.80. The fourth-order valence-electron chi connectivity index (χ4n) is 2.88. The molecular formula is C23H18ClN3O5S. The minimum absolute atomic E-state index is 0.0457. The third-order valence-electron chi connectivity index (χ3n) is 4.57. The number of aromatic nitrogens is 2. The smallest absolute Gasteiger partial charge is 0.338 e. The minimum atomic E-state index is -3.82. The zero-order chi connectivity index (χ0) is 23.3. The van der Waals surface area contributed by atoms with E-state index in [0.29, 0.717) is 10.6 Å². The average Bonchev–Trinajstić information content (AvgIpc) is 3.31. The van der Waals surface area contributed by atoms with Crippen LogP contribution in [0.25, 0.3) is 11.5 Å². The molecular weight excluding hydrogens is 466 g/mol. The third kappa shape index (κ3) is 5.83. The SMILES string of the molecule is O=C(OCc1nnc(-c2ccc(Cl)cc2)o1)c1cccc(S(=O)(=O)NCc2ccccc2)c1. The van der Waals surface area contributed by atoms with Gasteiger partial charge in [0.15, 0.2) is 6.61 Å². The molecule has 8 nitrogen and oxygen atoms in total. The van der Waals surface area contributed by atoms with Gasteiger partial charge < -0.3 is 9.15 Å². The van der Waals surface area contributed by atoms with E-state index < -0.39 is 16.0 Å². The van der Waals surface area contributed by atoms with Crippen molar-refractivity contribution in [2.75, 3.05) is 0 Å². The van der Waals surface area contributed by atoms with Crippen LogP contribution in [0.5, 0.6) is 0 Å². The van der Waals surface area contributed by atoms with Crippen molar-refractivity contribution < 1.29 is 22.4 Å². The molecule has 33 heavy (non-hydrogen) atoms. The van der Waals surface area contributed by atoms with Gasteiger partial charge in [-0.2, -0.15) is 0 Å². The van der Waals surface area contributed by atoms with E-state index in [1.54, 1.807) is 24.3 Å². The molecule has 0 spiro atoms. The highest BCUT2D eigenvalue weighted by Gasteiger charge is 2.18. The summed E-state index contributed by atoms with van der Waals surface area (Å²) in [5.41, 5.74) is 1.56. The lowest BCUT2D eigenvalue weighted by Gasteiger charge is -2.08. The number of halogens is 1. The molecule has 0 bridgehead atoms. The Balaban J connectivity index is 1.39. The molecule has 1 N–H and O–H groups in total. The molecule has 0 amide bonds. The number of ether oxygens (including phenoxy) is 1. The highest BCUT2D eigenvalue weighted by atomic mass is 35.5. The summed E-state index contributed by atoms with van der Waals surface area (Å²) in [6.45, 7) is -0.131. The van der Waals surface area contributed by atoms with Crippen LogP contribution in [0.15, 0.2) is 88.2 Å². The number of hydrogen-bond acceptors (Lipinski definition) is 7. The van der Waals surface area contributed by atoms with Crippen LogP contribution in [0.3, 0.4) is 0 Å². The topological polar surface area (TPSA) is 111 Å². The lowest BCUT2D eigenvalue weighted by Crippen LogP contribution is -2.23. The van der Waals surface area contributed by atoms with Crippen molar-refractivity contribution in [3.63, 3.8) is 0 Å². The summed E-state index contributed by atoms with van der Waals surface area (Å²) in [5.74, 6) is -0.363. The summed E-state index contributed by atoms with van der Waals surface area (Å²) in [5, 5.41) is 8.35. The van der Waals surface area contributed by atoms with Gasteiger partial charge in [-0.05, 0) is 48.0 Å². The van der Waals surface area contributed by atoms with Crippen molar-refractivity contribution in [3.05, 3.63) is 101 Å². The largest absolute Gasteiger partial charge is 0.452 e. The van der Waals surface area contributed by atoms with Gasteiger partial charge in [-0.15, -0.1) is 10.2 Å². The molecule has 0 unspecified atom stereocenters. The zero-order valence-corrected chi connectivity index (χ0v) is 18.7. The molecule has 0 aliphatic rings. The highest BCUT2D eigenvalue weighted by molar-refractivity contribution is 7.89. The lowest BCUT2D eigenvalue weighted by molar-refractivity contribution is 0.0438. The maximum absolute atomic E-state index is 12.6. The van der Waals surface area contributed by atoms with Crippen LogP contribution in [0.4, 0.5) is 0 Å². The van der Waals surface area contributed by atoms with Crippen molar-refractivity contribution in [1.82, 2.24) is 14.9 Å². The summed E-state index contributed by atoms with van der Waals surface area (Å²) in [7, 11) is -3.82. The first-order valence-corrected chi connectivity index (χ1v) is 11.7. The van der Waals surface area contributed by atoms with Gasteiger partial charge in [0.2, 0.25) is 15.9 Å². The fraction of sp³-hybridized carbons (Fsp3) is 0.0870. The van der Waals surface area contributed by atoms with Crippen LogP contribution in [0.1, 0.15) is 21.8 Å². The average molecular weight is 484 g/mol. The second kappa shape index (κ2) is 9.95. The van der Waals surface area contributed by atoms with Crippen LogP contribution in [0.2, 0.25) is 5.02 Å². The first-order chi connectivity index (χ1) is 15.9. The molecule has 0 aliphatic carbocycles. The Morgan fingerprint density at radius 1 is 0.970 bits per heavy atom. The monoisotopic (exact) mass is 483 g/mol. The molecule has 168 valence electrons. The third-order valence-corrected chi connectivity index (χ3v) is 6.22. The van der Waals surface area contributed by atoms with Crippen LogP contribution >= 0.6 is 11.6 Å². The Morgan fingerprint density at radius 2 is 1.73 bits per heavy atom. The van der Waals surface area contributed by atoms with Gasteiger partial charge in [-0.25, -0.2) is 17.9 Å². The summed E-state index contributed by atoms with van der Waals surface area (Å²) in [6, 6.07) is 21.5. The number of rotatable bonds is 8. The molecule has 0 fully saturated rings. The minimum Gasteiger partial charge on any atom is -0.452 e. The predicted octanol–water partition coefficient (Wildman–Crippen LogP) is 4.23. The van der Waals surface area contributed by atoms with Crippen molar-refractivity contribution in [1.29, 1.82) is 0 Å². The number of benzene rings is 3. The maximum atomic E-state index is 12.6. The van der Waals surface area contributed by atoms with Gasteiger partial charge >= 0.3 is 5.97 Å². The second-order valence-corrected chi connectivity index (χ2v) is 9.13. The molecule has 0 aliphatic heterocycles. The van der Waals surface area contributed by atoms with Crippen molar-refractivity contribution in [3.8, 4) is 11.5 Å². The molecule has 0 radical (unpaired) electrons. The normalized spacial score (nSPS) is 11.3. The molecule has 10 heteroatoms. The van der Waals surface area contributed by atoms with E-state index in [4.69, 9.17) is 20.8 Å². The van der Waals surface area contributed by atoms with Crippen molar-refractivity contribution in [2.45, 2.75) is 18.0 Å². The number of nitrogens with zero attached hydrogens (tertiary/aromatic N) is 2. The molecule has 4 aromatic rings. The van der Waals surface area contributed by atoms with E-state index in [2.05, 4.69) is 14.9 Å². The molecule has 4 rings (SSSR count). The van der Waals surface area contributed by atoms with Gasteiger partial charge in [0.05, 0.1) is 10.5 Å². The first kappa shape index (κ1) is 22.7. The van der Waals surface area contributed by atoms with E-state index in [1.165, 1.54) is 24.3 Å². The molecule has 1 aromatic heterocycles. The Labute approximate surface area is 195 Å². The zero-order valence-electron chi connectivity index (χ0n) is 17.1. The number of carbonyl (C=O) groups is 1. The van der Waals surface area contributed by atoms with E-state index in [0.717, 1.165) is 5.56 Å². The number of nitrogens with one attached hydrogen (secondary N) is 1. The van der Waals surface area contributed by atoms with Crippen LogP contribution in [-0.4, -0.2) is 24.6 Å². The van der Waals surface area contributed by atoms with E-state index in [9.17, 15) is 13.2 Å². The molecule has 0 saturated heterocycles. The van der Waals surface area contributed by atoms with E-state index in [1.807, 2.05) is 30.3 Å². The van der Waals surface area contributed by atoms with Gasteiger partial charge in [0.1, 0.15) is 0 Å². The van der Waals surface area contributed by atoms with Crippen molar-refractivity contribution in [2.24, 2.45) is 0 Å². The van der Waals surface area contributed by atoms with E-state index in [-0.39, 0.29) is 35.4 Å². The Hall–Kier alpha value is -3.53. The van der Waals surface area contributed by atoms with Crippen LogP contribution in [-0.2, 0) is 27.9 Å². The summed E-state index contributed by atoms with van der Waals surface area (Å²) in [4.78, 5) is 12.4. The summed E-state index contributed by atoms with van der Waals surface area (Å²) < 4.78 is 38.5. The molecule has 3 aromatic carbocycles. The van der Waals surface area contributed by atoms with Gasteiger partial charge in [0.25, 0.3) is 5.89 Å².